The van der Waals surface area contributed by atoms with E-state index in [0.717, 1.165) is 18.6 Å². The van der Waals surface area contributed by atoms with Gasteiger partial charge in [-0.2, -0.15) is 0 Å². The lowest BCUT2D eigenvalue weighted by Crippen LogP contribution is -2.49. The Labute approximate surface area is 132 Å². The number of piperidine rings is 1. The number of hydrogen-bond acceptors (Lipinski definition) is 4. The largest absolute Gasteiger partial charge is 0.494 e. The summed E-state index contributed by atoms with van der Waals surface area (Å²) in [6.07, 6.45) is 3.30. The summed E-state index contributed by atoms with van der Waals surface area (Å²) in [4.78, 5) is 14.8. The van der Waals surface area contributed by atoms with Gasteiger partial charge in [0.1, 0.15) is 5.75 Å². The first-order valence-corrected chi connectivity index (χ1v) is 8.18. The topological polar surface area (TPSA) is 38.8 Å². The Hall–Kier alpha value is -1.55. The summed E-state index contributed by atoms with van der Waals surface area (Å²) in [5.74, 6) is 0.997. The molecular formula is C18H25NO3. The highest BCUT2D eigenvalue weighted by atomic mass is 16.5. The van der Waals surface area contributed by atoms with E-state index in [2.05, 4.69) is 24.1 Å². The van der Waals surface area contributed by atoms with Gasteiger partial charge < -0.3 is 9.47 Å². The number of carbonyl (C=O) groups excluding carboxylic acids is 1. The predicted molar refractivity (Wildman–Crippen MR) is 85.0 cm³/mol. The zero-order valence-corrected chi connectivity index (χ0v) is 13.6. The van der Waals surface area contributed by atoms with Crippen LogP contribution in [0.2, 0.25) is 0 Å². The molecule has 0 spiro atoms. The highest BCUT2D eigenvalue weighted by Crippen LogP contribution is 2.46. The molecule has 0 radical (unpaired) electrons. The third-order valence-electron chi connectivity index (χ3n) is 5.36. The normalized spacial score (nSPS) is 31.0. The molecule has 0 unspecified atom stereocenters. The van der Waals surface area contributed by atoms with E-state index in [-0.39, 0.29) is 17.8 Å². The molecule has 4 nitrogen and oxygen atoms in total. The minimum absolute atomic E-state index is 0.0632. The van der Waals surface area contributed by atoms with Crippen molar-refractivity contribution in [2.75, 3.05) is 20.8 Å². The fraction of sp³-hybridized carbons (Fsp3) is 0.611. The Morgan fingerprint density at radius 2 is 2.00 bits per heavy atom. The van der Waals surface area contributed by atoms with Gasteiger partial charge in [-0.15, -0.1) is 0 Å². The maximum atomic E-state index is 12.4. The number of fused-ring (bicyclic) bond motifs is 2. The highest BCUT2D eigenvalue weighted by molar-refractivity contribution is 5.75. The SMILES string of the molecule is CCOc1ccc([C@H]2C[C@@H]3CC[C@H]([C@H]2C(=O)OC)N3C)cc1. The lowest BCUT2D eigenvalue weighted by atomic mass is 9.76. The van der Waals surface area contributed by atoms with Gasteiger partial charge in [0.2, 0.25) is 0 Å². The molecule has 2 aliphatic rings. The van der Waals surface area contributed by atoms with Crippen molar-refractivity contribution in [3.05, 3.63) is 29.8 Å². The fourth-order valence-electron chi connectivity index (χ4n) is 4.24. The first kappa shape index (κ1) is 15.3. The second-order valence-corrected chi connectivity index (χ2v) is 6.36. The molecule has 120 valence electrons. The number of carbonyl (C=O) groups is 1. The number of nitrogens with zero attached hydrogens (tertiary/aromatic N) is 1. The average molecular weight is 303 g/mol. The lowest BCUT2D eigenvalue weighted by Gasteiger charge is -2.41. The van der Waals surface area contributed by atoms with E-state index in [1.807, 2.05) is 19.1 Å². The molecule has 1 aromatic rings. The van der Waals surface area contributed by atoms with Crippen LogP contribution in [0.25, 0.3) is 0 Å². The van der Waals surface area contributed by atoms with Crippen LogP contribution < -0.4 is 4.74 Å². The Balaban J connectivity index is 1.88. The highest BCUT2D eigenvalue weighted by Gasteiger charge is 2.49. The van der Waals surface area contributed by atoms with Gasteiger partial charge in [0.05, 0.1) is 19.6 Å². The number of rotatable bonds is 4. The molecule has 0 saturated carbocycles. The molecule has 2 fully saturated rings. The minimum atomic E-state index is -0.0731. The van der Waals surface area contributed by atoms with E-state index < -0.39 is 0 Å². The molecule has 4 heteroatoms. The van der Waals surface area contributed by atoms with Crippen LogP contribution in [0, 0.1) is 5.92 Å². The van der Waals surface area contributed by atoms with Crippen LogP contribution in [-0.2, 0) is 9.53 Å². The summed E-state index contributed by atoms with van der Waals surface area (Å²) in [5, 5.41) is 0. The van der Waals surface area contributed by atoms with Crippen molar-refractivity contribution in [1.82, 2.24) is 4.90 Å². The second kappa shape index (κ2) is 6.29. The van der Waals surface area contributed by atoms with Crippen LogP contribution in [0.1, 0.15) is 37.7 Å². The maximum Gasteiger partial charge on any atom is 0.310 e. The number of ether oxygens (including phenoxy) is 2. The molecule has 2 saturated heterocycles. The van der Waals surface area contributed by atoms with Gasteiger partial charge in [-0.1, -0.05) is 12.1 Å². The molecule has 0 amide bonds. The Morgan fingerprint density at radius 1 is 1.27 bits per heavy atom. The average Bonchev–Trinajstić information content (AvgIpc) is 2.77. The van der Waals surface area contributed by atoms with Crippen LogP contribution in [0.4, 0.5) is 0 Å². The van der Waals surface area contributed by atoms with E-state index in [0.29, 0.717) is 18.7 Å². The standard InChI is InChI=1S/C18H25NO3/c1-4-22-14-8-5-12(6-9-14)15-11-13-7-10-16(19(13)2)17(15)18(20)21-3/h5-6,8-9,13,15-17H,4,7,10-11H2,1-3H3/t13-,15+,16+,17-/m0/s1. The van der Waals surface area contributed by atoms with Gasteiger partial charge in [0.15, 0.2) is 0 Å². The number of methoxy groups -OCH3 is 1. The molecule has 22 heavy (non-hydrogen) atoms. The zero-order valence-electron chi connectivity index (χ0n) is 13.6. The summed E-state index contributed by atoms with van der Waals surface area (Å²) < 4.78 is 10.6. The molecule has 0 aromatic heterocycles. The van der Waals surface area contributed by atoms with Gasteiger partial charge >= 0.3 is 5.97 Å². The zero-order chi connectivity index (χ0) is 15.7. The summed E-state index contributed by atoms with van der Waals surface area (Å²) in [6.45, 7) is 2.65. The molecule has 2 bridgehead atoms. The third-order valence-corrected chi connectivity index (χ3v) is 5.36. The fourth-order valence-corrected chi connectivity index (χ4v) is 4.24. The number of hydrogen-bond donors (Lipinski definition) is 0. The van der Waals surface area contributed by atoms with Crippen molar-refractivity contribution in [2.45, 2.75) is 44.2 Å². The van der Waals surface area contributed by atoms with Crippen LogP contribution in [0.5, 0.6) is 5.75 Å². The summed E-state index contributed by atoms with van der Waals surface area (Å²) in [7, 11) is 3.64. The predicted octanol–water partition coefficient (Wildman–Crippen LogP) is 2.82. The van der Waals surface area contributed by atoms with Gasteiger partial charge in [-0.05, 0) is 50.9 Å². The van der Waals surface area contributed by atoms with Crippen molar-refractivity contribution >= 4 is 5.97 Å². The molecule has 2 heterocycles. The first-order valence-electron chi connectivity index (χ1n) is 8.18. The number of benzene rings is 1. The molecule has 0 N–H and O–H groups in total. The molecule has 4 atom stereocenters. The van der Waals surface area contributed by atoms with Crippen LogP contribution in [0.15, 0.2) is 24.3 Å². The van der Waals surface area contributed by atoms with Gasteiger partial charge in [0, 0.05) is 18.0 Å². The quantitative estimate of drug-likeness (QED) is 0.802. The van der Waals surface area contributed by atoms with E-state index in [4.69, 9.17) is 9.47 Å². The molecule has 1 aromatic carbocycles. The van der Waals surface area contributed by atoms with Crippen LogP contribution in [-0.4, -0.2) is 43.7 Å². The summed E-state index contributed by atoms with van der Waals surface area (Å²) in [5.41, 5.74) is 1.23. The Bertz CT molecular complexity index is 528. The van der Waals surface area contributed by atoms with Gasteiger partial charge in [-0.25, -0.2) is 0 Å². The summed E-state index contributed by atoms with van der Waals surface area (Å²) >= 11 is 0. The molecule has 3 rings (SSSR count). The lowest BCUT2D eigenvalue weighted by molar-refractivity contribution is -0.150. The van der Waals surface area contributed by atoms with E-state index in [1.165, 1.54) is 19.1 Å². The van der Waals surface area contributed by atoms with Crippen LogP contribution in [0.3, 0.4) is 0 Å². The van der Waals surface area contributed by atoms with E-state index in [9.17, 15) is 4.79 Å². The van der Waals surface area contributed by atoms with Crippen molar-refractivity contribution in [3.63, 3.8) is 0 Å². The first-order chi connectivity index (χ1) is 10.7. The third kappa shape index (κ3) is 2.60. The second-order valence-electron chi connectivity index (χ2n) is 6.36. The Morgan fingerprint density at radius 3 is 2.64 bits per heavy atom. The van der Waals surface area contributed by atoms with Crippen molar-refractivity contribution in [1.29, 1.82) is 0 Å². The summed E-state index contributed by atoms with van der Waals surface area (Å²) in [6, 6.07) is 9.12. The number of esters is 1. The van der Waals surface area contributed by atoms with Crippen molar-refractivity contribution < 1.29 is 14.3 Å². The maximum absolute atomic E-state index is 12.4. The van der Waals surface area contributed by atoms with Gasteiger partial charge in [-0.3, -0.25) is 9.69 Å². The molecule has 0 aliphatic carbocycles. The van der Waals surface area contributed by atoms with Crippen molar-refractivity contribution in [3.8, 4) is 5.75 Å². The minimum Gasteiger partial charge on any atom is -0.494 e. The van der Waals surface area contributed by atoms with E-state index in [1.54, 1.807) is 0 Å². The van der Waals surface area contributed by atoms with E-state index >= 15 is 0 Å². The van der Waals surface area contributed by atoms with Crippen LogP contribution >= 0.6 is 0 Å². The van der Waals surface area contributed by atoms with Gasteiger partial charge in [0.25, 0.3) is 0 Å². The smallest absolute Gasteiger partial charge is 0.310 e. The molecule has 2 aliphatic heterocycles. The molecular weight excluding hydrogens is 278 g/mol. The monoisotopic (exact) mass is 303 g/mol. The Kier molecular flexibility index (Phi) is 4.39. The van der Waals surface area contributed by atoms with Crippen molar-refractivity contribution in [2.24, 2.45) is 5.92 Å².